The van der Waals surface area contributed by atoms with Crippen molar-refractivity contribution in [2.24, 2.45) is 0 Å². The van der Waals surface area contributed by atoms with Crippen molar-refractivity contribution in [2.75, 3.05) is 6.79 Å². The second-order valence-electron chi connectivity index (χ2n) is 6.42. The Morgan fingerprint density at radius 2 is 1.90 bits per heavy atom. The molecule has 29 heavy (non-hydrogen) atoms. The molecule has 0 aliphatic carbocycles. The third-order valence-electron chi connectivity index (χ3n) is 4.59. The lowest BCUT2D eigenvalue weighted by molar-refractivity contribution is 0.174. The fourth-order valence-corrected chi connectivity index (χ4v) is 4.97. The van der Waals surface area contributed by atoms with E-state index in [1.54, 1.807) is 23.1 Å². The Kier molecular flexibility index (Phi) is 4.95. The Hall–Kier alpha value is -2.84. The number of aromatic nitrogens is 4. The van der Waals surface area contributed by atoms with Crippen LogP contribution in [0.1, 0.15) is 12.6 Å². The van der Waals surface area contributed by atoms with Gasteiger partial charge in [0.05, 0.1) is 5.69 Å². The SMILES string of the molecule is CCn1c(SCc2csc(-c3ccc4c(c3)OCO4)n2)nnc1-c1ccccc1. The van der Waals surface area contributed by atoms with Crippen LogP contribution >= 0.6 is 23.1 Å². The van der Waals surface area contributed by atoms with Gasteiger partial charge < -0.3 is 14.0 Å². The van der Waals surface area contributed by atoms with Crippen molar-refractivity contribution in [1.82, 2.24) is 19.7 Å². The smallest absolute Gasteiger partial charge is 0.231 e. The molecule has 1 aliphatic rings. The summed E-state index contributed by atoms with van der Waals surface area (Å²) in [5.74, 6) is 3.20. The maximum absolute atomic E-state index is 5.47. The maximum atomic E-state index is 5.47. The minimum Gasteiger partial charge on any atom is -0.454 e. The molecule has 1 aliphatic heterocycles. The monoisotopic (exact) mass is 422 g/mol. The van der Waals surface area contributed by atoms with Crippen LogP contribution in [0.2, 0.25) is 0 Å². The van der Waals surface area contributed by atoms with Crippen molar-refractivity contribution < 1.29 is 9.47 Å². The van der Waals surface area contributed by atoms with Gasteiger partial charge in [0, 0.05) is 28.8 Å². The Morgan fingerprint density at radius 1 is 1.03 bits per heavy atom. The molecule has 0 fully saturated rings. The minimum absolute atomic E-state index is 0.279. The highest BCUT2D eigenvalue weighted by atomic mass is 32.2. The highest BCUT2D eigenvalue weighted by molar-refractivity contribution is 7.98. The lowest BCUT2D eigenvalue weighted by Gasteiger charge is -2.06. The summed E-state index contributed by atoms with van der Waals surface area (Å²) in [5, 5.41) is 12.8. The number of thiazole rings is 1. The molecule has 0 unspecified atom stereocenters. The lowest BCUT2D eigenvalue weighted by atomic mass is 10.2. The quantitative estimate of drug-likeness (QED) is 0.403. The number of hydrogen-bond donors (Lipinski definition) is 0. The van der Waals surface area contributed by atoms with Crippen molar-refractivity contribution in [3.05, 3.63) is 59.6 Å². The van der Waals surface area contributed by atoms with Crippen LogP contribution in [0.5, 0.6) is 11.5 Å². The number of rotatable bonds is 6. The van der Waals surface area contributed by atoms with Crippen LogP contribution in [0.15, 0.2) is 59.1 Å². The van der Waals surface area contributed by atoms with Crippen molar-refractivity contribution in [3.8, 4) is 33.5 Å². The van der Waals surface area contributed by atoms with Crippen molar-refractivity contribution in [3.63, 3.8) is 0 Å². The molecule has 0 atom stereocenters. The Morgan fingerprint density at radius 3 is 2.76 bits per heavy atom. The van der Waals surface area contributed by atoms with E-state index >= 15 is 0 Å². The van der Waals surface area contributed by atoms with Crippen LogP contribution in [0.3, 0.4) is 0 Å². The fourth-order valence-electron chi connectivity index (χ4n) is 3.16. The fraction of sp³-hybridized carbons (Fsp3) is 0.190. The van der Waals surface area contributed by atoms with Crippen LogP contribution in [-0.2, 0) is 12.3 Å². The first-order valence-electron chi connectivity index (χ1n) is 9.27. The van der Waals surface area contributed by atoms with E-state index in [0.717, 1.165) is 56.6 Å². The molecule has 2 aromatic carbocycles. The zero-order valence-corrected chi connectivity index (χ0v) is 17.4. The summed E-state index contributed by atoms with van der Waals surface area (Å²) in [5.41, 5.74) is 3.14. The van der Waals surface area contributed by atoms with Gasteiger partial charge in [-0.05, 0) is 25.1 Å². The second-order valence-corrected chi connectivity index (χ2v) is 8.22. The summed E-state index contributed by atoms with van der Waals surface area (Å²) >= 11 is 3.29. The van der Waals surface area contributed by atoms with Gasteiger partial charge in [-0.3, -0.25) is 0 Å². The molecule has 8 heteroatoms. The number of hydrogen-bond acceptors (Lipinski definition) is 7. The zero-order valence-electron chi connectivity index (χ0n) is 15.7. The van der Waals surface area contributed by atoms with Crippen LogP contribution in [0.25, 0.3) is 22.0 Å². The number of ether oxygens (including phenoxy) is 2. The van der Waals surface area contributed by atoms with Gasteiger partial charge in [0.1, 0.15) is 5.01 Å². The molecule has 4 aromatic rings. The largest absolute Gasteiger partial charge is 0.454 e. The van der Waals surface area contributed by atoms with Crippen LogP contribution in [-0.4, -0.2) is 26.5 Å². The van der Waals surface area contributed by atoms with Crippen LogP contribution in [0.4, 0.5) is 0 Å². The van der Waals surface area contributed by atoms with E-state index in [4.69, 9.17) is 14.5 Å². The molecule has 0 saturated carbocycles. The van der Waals surface area contributed by atoms with Gasteiger partial charge in [0.25, 0.3) is 0 Å². The van der Waals surface area contributed by atoms with Crippen LogP contribution < -0.4 is 9.47 Å². The van der Waals surface area contributed by atoms with Crippen molar-refractivity contribution in [2.45, 2.75) is 24.4 Å². The Balaban J connectivity index is 1.32. The van der Waals surface area contributed by atoms with Gasteiger partial charge in [0.15, 0.2) is 22.5 Å². The number of fused-ring (bicyclic) bond motifs is 1. The average molecular weight is 423 g/mol. The first-order valence-corrected chi connectivity index (χ1v) is 11.1. The average Bonchev–Trinajstić information content (AvgIpc) is 3.51. The third kappa shape index (κ3) is 3.61. The Bertz CT molecular complexity index is 1140. The molecule has 5 rings (SSSR count). The molecule has 0 bridgehead atoms. The molecule has 0 spiro atoms. The summed E-state index contributed by atoms with van der Waals surface area (Å²) in [4.78, 5) is 4.79. The topological polar surface area (TPSA) is 62.1 Å². The molecular formula is C21H18N4O2S2. The minimum atomic E-state index is 0.279. The van der Waals surface area contributed by atoms with Crippen molar-refractivity contribution >= 4 is 23.1 Å². The van der Waals surface area contributed by atoms with Gasteiger partial charge in [-0.25, -0.2) is 4.98 Å². The lowest BCUT2D eigenvalue weighted by Crippen LogP contribution is -1.99. The van der Waals surface area contributed by atoms with E-state index in [0.29, 0.717) is 0 Å². The predicted octanol–water partition coefficient (Wildman–Crippen LogP) is 5.11. The zero-order chi connectivity index (χ0) is 19.6. The predicted molar refractivity (Wildman–Crippen MR) is 114 cm³/mol. The van der Waals surface area contributed by atoms with Gasteiger partial charge in [-0.15, -0.1) is 21.5 Å². The van der Waals surface area contributed by atoms with E-state index in [1.807, 2.05) is 36.4 Å². The molecule has 0 saturated heterocycles. The third-order valence-corrected chi connectivity index (χ3v) is 6.53. The Labute approximate surface area is 176 Å². The molecule has 0 radical (unpaired) electrons. The highest BCUT2D eigenvalue weighted by Gasteiger charge is 2.16. The second kappa shape index (κ2) is 7.88. The van der Waals surface area contributed by atoms with Crippen LogP contribution in [0, 0.1) is 0 Å². The molecule has 0 amide bonds. The molecular weight excluding hydrogens is 404 g/mol. The van der Waals surface area contributed by atoms with Gasteiger partial charge in [0.2, 0.25) is 6.79 Å². The van der Waals surface area contributed by atoms with E-state index < -0.39 is 0 Å². The summed E-state index contributed by atoms with van der Waals surface area (Å²) < 4.78 is 13.0. The van der Waals surface area contributed by atoms with Gasteiger partial charge in [-0.1, -0.05) is 42.1 Å². The van der Waals surface area contributed by atoms with E-state index in [1.165, 1.54) is 0 Å². The summed E-state index contributed by atoms with van der Waals surface area (Å²) in [6, 6.07) is 16.1. The molecule has 0 N–H and O–H groups in total. The first kappa shape index (κ1) is 18.2. The molecule has 2 aromatic heterocycles. The number of nitrogens with zero attached hydrogens (tertiary/aromatic N) is 4. The summed E-state index contributed by atoms with van der Waals surface area (Å²) in [6.07, 6.45) is 0. The number of benzene rings is 2. The van der Waals surface area contributed by atoms with E-state index in [-0.39, 0.29) is 6.79 Å². The van der Waals surface area contributed by atoms with E-state index in [9.17, 15) is 0 Å². The molecule has 6 nitrogen and oxygen atoms in total. The number of thioether (sulfide) groups is 1. The summed E-state index contributed by atoms with van der Waals surface area (Å²) in [7, 11) is 0. The molecule has 146 valence electrons. The highest BCUT2D eigenvalue weighted by Crippen LogP contribution is 2.37. The first-order chi connectivity index (χ1) is 14.3. The maximum Gasteiger partial charge on any atom is 0.231 e. The van der Waals surface area contributed by atoms with E-state index in [2.05, 4.69) is 39.2 Å². The van der Waals surface area contributed by atoms with Gasteiger partial charge in [-0.2, -0.15) is 0 Å². The standard InChI is InChI=1S/C21H18N4O2S2/c1-2-25-19(14-6-4-3-5-7-14)23-24-21(25)29-12-16-11-28-20(22-16)15-8-9-17-18(10-15)27-13-26-17/h3-11H,2,12-13H2,1H3. The summed E-state index contributed by atoms with van der Waals surface area (Å²) in [6.45, 7) is 3.21. The molecule has 3 heterocycles. The normalized spacial score (nSPS) is 12.4. The van der Waals surface area contributed by atoms with Gasteiger partial charge >= 0.3 is 0 Å². The van der Waals surface area contributed by atoms with Crippen molar-refractivity contribution in [1.29, 1.82) is 0 Å².